The van der Waals surface area contributed by atoms with Crippen LogP contribution in [-0.4, -0.2) is 27.2 Å². The van der Waals surface area contributed by atoms with Gasteiger partial charge in [-0.25, -0.2) is 4.98 Å². The maximum absolute atomic E-state index is 13.1. The van der Waals surface area contributed by atoms with Gasteiger partial charge in [0.15, 0.2) is 0 Å². The van der Waals surface area contributed by atoms with Gasteiger partial charge in [0.05, 0.1) is 16.3 Å². The van der Waals surface area contributed by atoms with Crippen molar-refractivity contribution >= 4 is 23.2 Å². The average molecular weight is 466 g/mol. The number of anilines is 1. The molecule has 1 aromatic heterocycles. The number of rotatable bonds is 6. The number of carbonyl (C=O) groups is 1. The largest absolute Gasteiger partial charge is 0.416 e. The van der Waals surface area contributed by atoms with Gasteiger partial charge in [-0.2, -0.15) is 13.2 Å². The molecule has 10 heteroatoms. The van der Waals surface area contributed by atoms with Crippen LogP contribution < -0.4 is 10.9 Å². The van der Waals surface area contributed by atoms with Crippen LogP contribution in [-0.2, 0) is 23.9 Å². The summed E-state index contributed by atoms with van der Waals surface area (Å²) in [6, 6.07) is 10.7. The lowest BCUT2D eigenvalue weighted by atomic mass is 10.1. The number of nitrogens with zero attached hydrogens (tertiary/aromatic N) is 2. The molecule has 0 fully saturated rings. The molecule has 2 N–H and O–H groups in total. The fraction of sp³-hybridized carbons (Fsp3) is 0.227. The predicted molar refractivity (Wildman–Crippen MR) is 115 cm³/mol. The van der Waals surface area contributed by atoms with E-state index in [2.05, 4.69) is 10.3 Å². The topological polar surface area (TPSA) is 84.2 Å². The summed E-state index contributed by atoms with van der Waals surface area (Å²) in [4.78, 5) is 30.1. The first-order chi connectivity index (χ1) is 15.1. The Morgan fingerprint density at radius 3 is 2.41 bits per heavy atom. The summed E-state index contributed by atoms with van der Waals surface area (Å²) < 4.78 is 39.8. The van der Waals surface area contributed by atoms with Gasteiger partial charge < -0.3 is 10.4 Å². The number of halogens is 4. The molecule has 0 aliphatic rings. The quantitative estimate of drug-likeness (QED) is 0.575. The SMILES string of the molecule is Cc1nc(-c2ccc(C(F)(F)F)cc2)n(CC(=O)Nc2ccccc2Cl)c(=O)c1CCO. The van der Waals surface area contributed by atoms with Crippen LogP contribution in [0.1, 0.15) is 16.8 Å². The van der Waals surface area contributed by atoms with Crippen molar-refractivity contribution in [1.82, 2.24) is 9.55 Å². The van der Waals surface area contributed by atoms with Crippen molar-refractivity contribution in [2.45, 2.75) is 26.1 Å². The van der Waals surface area contributed by atoms with E-state index >= 15 is 0 Å². The van der Waals surface area contributed by atoms with Gasteiger partial charge in [-0.05, 0) is 31.2 Å². The molecule has 3 aromatic rings. The normalized spacial score (nSPS) is 11.4. The maximum atomic E-state index is 13.1. The van der Waals surface area contributed by atoms with E-state index in [1.54, 1.807) is 31.2 Å². The molecule has 0 aliphatic carbocycles. The number of para-hydroxylation sites is 1. The fourth-order valence-electron chi connectivity index (χ4n) is 3.17. The van der Waals surface area contributed by atoms with Gasteiger partial charge in [0, 0.05) is 29.8 Å². The lowest BCUT2D eigenvalue weighted by Crippen LogP contribution is -2.33. The second-order valence-electron chi connectivity index (χ2n) is 6.97. The third kappa shape index (κ3) is 5.17. The molecule has 6 nitrogen and oxygen atoms in total. The summed E-state index contributed by atoms with van der Waals surface area (Å²) in [7, 11) is 0. The van der Waals surface area contributed by atoms with Crippen LogP contribution >= 0.6 is 11.6 Å². The Hall–Kier alpha value is -3.17. The van der Waals surface area contributed by atoms with Crippen molar-refractivity contribution in [1.29, 1.82) is 0 Å². The van der Waals surface area contributed by atoms with E-state index in [1.807, 2.05) is 0 Å². The van der Waals surface area contributed by atoms with Gasteiger partial charge in [0.25, 0.3) is 5.56 Å². The van der Waals surface area contributed by atoms with Crippen molar-refractivity contribution in [2.75, 3.05) is 11.9 Å². The highest BCUT2D eigenvalue weighted by Gasteiger charge is 2.30. The summed E-state index contributed by atoms with van der Waals surface area (Å²) >= 11 is 6.05. The highest BCUT2D eigenvalue weighted by atomic mass is 35.5. The Kier molecular flexibility index (Phi) is 7.00. The number of amides is 1. The van der Waals surface area contributed by atoms with Crippen molar-refractivity contribution in [3.63, 3.8) is 0 Å². The fourth-order valence-corrected chi connectivity index (χ4v) is 3.35. The molecule has 1 heterocycles. The van der Waals surface area contributed by atoms with E-state index < -0.39 is 29.8 Å². The van der Waals surface area contributed by atoms with Crippen LogP contribution in [0.15, 0.2) is 53.3 Å². The molecule has 32 heavy (non-hydrogen) atoms. The summed E-state index contributed by atoms with van der Waals surface area (Å²) in [5, 5.41) is 12.2. The molecule has 0 saturated carbocycles. The van der Waals surface area contributed by atoms with Gasteiger partial charge in [-0.15, -0.1) is 0 Å². The van der Waals surface area contributed by atoms with E-state index in [1.165, 1.54) is 12.1 Å². The van der Waals surface area contributed by atoms with E-state index in [0.717, 1.165) is 16.7 Å². The van der Waals surface area contributed by atoms with Crippen molar-refractivity contribution in [2.24, 2.45) is 0 Å². The lowest BCUT2D eigenvalue weighted by molar-refractivity contribution is -0.137. The first-order valence-electron chi connectivity index (χ1n) is 9.55. The third-order valence-corrected chi connectivity index (χ3v) is 5.08. The van der Waals surface area contributed by atoms with Crippen LogP contribution in [0.2, 0.25) is 5.02 Å². The molecule has 0 radical (unpaired) electrons. The predicted octanol–water partition coefficient (Wildman–Crippen LogP) is 4.06. The number of aliphatic hydroxyl groups is 1. The minimum absolute atomic E-state index is 0.0249. The highest BCUT2D eigenvalue weighted by Crippen LogP contribution is 2.30. The van der Waals surface area contributed by atoms with E-state index in [9.17, 15) is 27.9 Å². The van der Waals surface area contributed by atoms with E-state index in [0.29, 0.717) is 16.4 Å². The molecule has 0 spiro atoms. The molecule has 0 aliphatic heterocycles. The summed E-state index contributed by atoms with van der Waals surface area (Å²) in [5.74, 6) is -0.536. The lowest BCUT2D eigenvalue weighted by Gasteiger charge is -2.16. The zero-order chi connectivity index (χ0) is 23.5. The number of hydrogen-bond acceptors (Lipinski definition) is 4. The molecule has 1 amide bonds. The summed E-state index contributed by atoms with van der Waals surface area (Å²) in [5.41, 5.74) is -0.287. The summed E-state index contributed by atoms with van der Waals surface area (Å²) in [6.45, 7) is 0.809. The minimum atomic E-state index is -4.51. The van der Waals surface area contributed by atoms with Crippen LogP contribution in [0.3, 0.4) is 0 Å². The number of aliphatic hydroxyl groups excluding tert-OH is 1. The van der Waals surface area contributed by atoms with E-state index in [4.69, 9.17) is 11.6 Å². The average Bonchev–Trinajstić information content (AvgIpc) is 2.74. The van der Waals surface area contributed by atoms with Gasteiger partial charge in [0.1, 0.15) is 12.4 Å². The first-order valence-corrected chi connectivity index (χ1v) is 9.92. The standard InChI is InChI=1S/C22H19ClF3N3O3/c1-13-16(10-11-30)21(32)29(12-19(31)28-18-5-3-2-4-17(18)23)20(27-13)14-6-8-15(9-7-14)22(24,25)26/h2-9,30H,10-12H2,1H3,(H,28,31). The van der Waals surface area contributed by atoms with Gasteiger partial charge in [0.2, 0.25) is 5.91 Å². The molecular formula is C22H19ClF3N3O3. The number of hydrogen-bond donors (Lipinski definition) is 2. The Balaban J connectivity index is 2.04. The Morgan fingerprint density at radius 1 is 1.16 bits per heavy atom. The second-order valence-corrected chi connectivity index (χ2v) is 7.37. The van der Waals surface area contributed by atoms with Crippen LogP contribution in [0, 0.1) is 6.92 Å². The minimum Gasteiger partial charge on any atom is -0.396 e. The monoisotopic (exact) mass is 465 g/mol. The number of aromatic nitrogens is 2. The molecule has 168 valence electrons. The molecular weight excluding hydrogens is 447 g/mol. The number of nitrogens with one attached hydrogen (secondary N) is 1. The van der Waals surface area contributed by atoms with Crippen LogP contribution in [0.25, 0.3) is 11.4 Å². The highest BCUT2D eigenvalue weighted by molar-refractivity contribution is 6.33. The zero-order valence-electron chi connectivity index (χ0n) is 16.9. The summed E-state index contributed by atoms with van der Waals surface area (Å²) in [6.07, 6.45) is -4.49. The van der Waals surface area contributed by atoms with Gasteiger partial charge >= 0.3 is 6.18 Å². The van der Waals surface area contributed by atoms with Crippen molar-refractivity contribution in [3.8, 4) is 11.4 Å². The smallest absolute Gasteiger partial charge is 0.396 e. The van der Waals surface area contributed by atoms with Crippen LogP contribution in [0.4, 0.5) is 18.9 Å². The van der Waals surface area contributed by atoms with Crippen LogP contribution in [0.5, 0.6) is 0 Å². The molecule has 0 saturated heterocycles. The number of alkyl halides is 3. The first kappa shape index (κ1) is 23.5. The molecule has 0 atom stereocenters. The zero-order valence-corrected chi connectivity index (χ0v) is 17.7. The molecule has 0 unspecified atom stereocenters. The van der Waals surface area contributed by atoms with Crippen molar-refractivity contribution < 1.29 is 23.1 Å². The van der Waals surface area contributed by atoms with Gasteiger partial charge in [-0.1, -0.05) is 35.9 Å². The number of aryl methyl sites for hydroxylation is 1. The number of carbonyl (C=O) groups excluding carboxylic acids is 1. The second kappa shape index (κ2) is 9.54. The molecule has 0 bridgehead atoms. The van der Waals surface area contributed by atoms with Crippen molar-refractivity contribution in [3.05, 3.63) is 80.7 Å². The van der Waals surface area contributed by atoms with Gasteiger partial charge in [-0.3, -0.25) is 14.2 Å². The number of benzene rings is 2. The molecule has 2 aromatic carbocycles. The Bertz CT molecular complexity index is 1190. The Labute approximate surface area is 186 Å². The molecule has 3 rings (SSSR count). The Morgan fingerprint density at radius 2 is 1.81 bits per heavy atom. The van der Waals surface area contributed by atoms with E-state index in [-0.39, 0.29) is 30.0 Å². The third-order valence-electron chi connectivity index (χ3n) is 4.75. The maximum Gasteiger partial charge on any atom is 0.416 e.